The lowest BCUT2D eigenvalue weighted by Gasteiger charge is -2.10. The maximum atomic E-state index is 11.0. The van der Waals surface area contributed by atoms with Crippen LogP contribution in [0.1, 0.15) is 26.7 Å². The first-order valence-electron chi connectivity index (χ1n) is 4.13. The van der Waals surface area contributed by atoms with Gasteiger partial charge in [-0.2, -0.15) is 0 Å². The highest BCUT2D eigenvalue weighted by Gasteiger charge is 2.52. The van der Waals surface area contributed by atoms with Crippen LogP contribution in [0.25, 0.3) is 0 Å². The van der Waals surface area contributed by atoms with E-state index in [-0.39, 0.29) is 0 Å². The first-order valence-corrected chi connectivity index (χ1v) is 5.65. The van der Waals surface area contributed by atoms with Gasteiger partial charge < -0.3 is 10.3 Å². The lowest BCUT2D eigenvalue weighted by molar-refractivity contribution is 0.179. The smallest absolute Gasteiger partial charge is 0.193 e. The van der Waals surface area contributed by atoms with Crippen LogP contribution in [0.15, 0.2) is 0 Å². The Balaban J connectivity index is 2.33. The lowest BCUT2D eigenvalue weighted by Crippen LogP contribution is -2.26. The summed E-state index contributed by atoms with van der Waals surface area (Å²) in [6, 6.07) is 0. The average molecular weight is 177 g/mol. The van der Waals surface area contributed by atoms with Crippen LogP contribution >= 0.6 is 8.03 Å². The predicted molar refractivity (Wildman–Crippen MR) is 45.9 cm³/mol. The second kappa shape index (κ2) is 3.26. The third-order valence-electron chi connectivity index (χ3n) is 2.18. The van der Waals surface area contributed by atoms with Gasteiger partial charge in [0.05, 0.1) is 0 Å². The van der Waals surface area contributed by atoms with Crippen molar-refractivity contribution in [2.24, 2.45) is 11.7 Å². The van der Waals surface area contributed by atoms with Crippen LogP contribution in [0, 0.1) is 5.92 Å². The van der Waals surface area contributed by atoms with Gasteiger partial charge in [-0.05, 0) is 12.8 Å². The van der Waals surface area contributed by atoms with Gasteiger partial charge in [0, 0.05) is 12.1 Å². The molecule has 0 aromatic heterocycles. The van der Waals surface area contributed by atoms with Crippen molar-refractivity contribution in [3.05, 3.63) is 0 Å². The first-order chi connectivity index (χ1) is 5.12. The van der Waals surface area contributed by atoms with Gasteiger partial charge in [0.25, 0.3) is 0 Å². The summed E-state index contributed by atoms with van der Waals surface area (Å²) < 4.78 is 16.2. The minimum Gasteiger partial charge on any atom is -0.308 e. The number of nitrogens with two attached hydrogens (primary N) is 1. The van der Waals surface area contributed by atoms with Crippen LogP contribution in [0.2, 0.25) is 0 Å². The van der Waals surface area contributed by atoms with Crippen LogP contribution in [0.5, 0.6) is 0 Å². The predicted octanol–water partition coefficient (Wildman–Crippen LogP) is 1.58. The van der Waals surface area contributed by atoms with Gasteiger partial charge in [-0.15, -0.1) is 0 Å². The largest absolute Gasteiger partial charge is 0.308 e. The van der Waals surface area contributed by atoms with E-state index in [9.17, 15) is 4.57 Å². The molecule has 3 atom stereocenters. The standard InChI is InChI=1S/C7H16NO2P/c1-3-6-5-7(6,8)10-11(9)4-2/h6,11H,3-5,8H2,1-2H3/t6-,7-/m0/s1. The van der Waals surface area contributed by atoms with Gasteiger partial charge in [0.1, 0.15) is 5.72 Å². The van der Waals surface area contributed by atoms with Crippen LogP contribution in [-0.2, 0) is 9.09 Å². The molecule has 1 fully saturated rings. The second-order valence-electron chi connectivity index (χ2n) is 3.09. The number of hydrogen-bond acceptors (Lipinski definition) is 3. The molecule has 0 aromatic carbocycles. The van der Waals surface area contributed by atoms with Crippen molar-refractivity contribution < 1.29 is 9.09 Å². The van der Waals surface area contributed by atoms with E-state index < -0.39 is 13.8 Å². The Hall–Kier alpha value is 0.150. The Kier molecular flexibility index (Phi) is 2.74. The SMILES string of the molecule is CC[C@H]1C[C@]1(N)O[PH](=O)CC. The van der Waals surface area contributed by atoms with Gasteiger partial charge in [0.2, 0.25) is 0 Å². The van der Waals surface area contributed by atoms with E-state index in [4.69, 9.17) is 10.3 Å². The van der Waals surface area contributed by atoms with Crippen LogP contribution in [-0.4, -0.2) is 11.9 Å². The molecule has 1 aliphatic carbocycles. The summed E-state index contributed by atoms with van der Waals surface area (Å²) in [6.45, 7) is 3.93. The summed E-state index contributed by atoms with van der Waals surface area (Å²) in [5, 5.41) is 0. The molecule has 3 nitrogen and oxygen atoms in total. The highest BCUT2D eigenvalue weighted by molar-refractivity contribution is 7.39. The summed E-state index contributed by atoms with van der Waals surface area (Å²) in [7, 11) is -1.84. The first kappa shape index (κ1) is 9.24. The quantitative estimate of drug-likeness (QED) is 0.524. The average Bonchev–Trinajstić information content (AvgIpc) is 2.61. The lowest BCUT2D eigenvalue weighted by atomic mass is 10.3. The van der Waals surface area contributed by atoms with E-state index in [1.165, 1.54) is 0 Å². The van der Waals surface area contributed by atoms with Crippen LogP contribution in [0.4, 0.5) is 0 Å². The van der Waals surface area contributed by atoms with E-state index in [2.05, 4.69) is 6.92 Å². The van der Waals surface area contributed by atoms with Gasteiger partial charge in [-0.1, -0.05) is 13.8 Å². The Morgan fingerprint density at radius 3 is 2.73 bits per heavy atom. The summed E-state index contributed by atoms with van der Waals surface area (Å²) in [6.07, 6.45) is 2.50. The normalized spacial score (nSPS) is 38.6. The fourth-order valence-corrected chi connectivity index (χ4v) is 2.04. The fraction of sp³-hybridized carbons (Fsp3) is 1.00. The van der Waals surface area contributed by atoms with E-state index in [1.54, 1.807) is 0 Å². The molecule has 0 saturated heterocycles. The van der Waals surface area contributed by atoms with Crippen LogP contribution in [0.3, 0.4) is 0 Å². The Bertz CT molecular complexity index is 174. The monoisotopic (exact) mass is 177 g/mol. The topological polar surface area (TPSA) is 52.3 Å². The molecule has 0 radical (unpaired) electrons. The van der Waals surface area contributed by atoms with E-state index in [1.807, 2.05) is 6.92 Å². The minimum absolute atomic E-state index is 0.433. The molecule has 0 bridgehead atoms. The minimum atomic E-state index is -1.84. The van der Waals surface area contributed by atoms with Gasteiger partial charge >= 0.3 is 0 Å². The van der Waals surface area contributed by atoms with Gasteiger partial charge in [-0.25, -0.2) is 0 Å². The summed E-state index contributed by atoms with van der Waals surface area (Å²) in [5.41, 5.74) is 5.25. The number of rotatable bonds is 4. The molecule has 1 rings (SSSR count). The maximum absolute atomic E-state index is 11.0. The highest BCUT2D eigenvalue weighted by atomic mass is 31.1. The van der Waals surface area contributed by atoms with E-state index in [0.29, 0.717) is 12.1 Å². The van der Waals surface area contributed by atoms with Crippen molar-refractivity contribution in [1.82, 2.24) is 0 Å². The Morgan fingerprint density at radius 1 is 1.73 bits per heavy atom. The van der Waals surface area contributed by atoms with Crippen LogP contribution < -0.4 is 5.73 Å². The van der Waals surface area contributed by atoms with Crippen molar-refractivity contribution in [2.45, 2.75) is 32.4 Å². The molecule has 0 spiro atoms. The van der Waals surface area contributed by atoms with Crippen molar-refractivity contribution in [2.75, 3.05) is 6.16 Å². The van der Waals surface area contributed by atoms with E-state index in [0.717, 1.165) is 12.8 Å². The zero-order valence-electron chi connectivity index (χ0n) is 7.09. The molecule has 0 amide bonds. The third-order valence-corrected chi connectivity index (χ3v) is 3.37. The van der Waals surface area contributed by atoms with Crippen molar-refractivity contribution >= 4 is 8.03 Å². The molecule has 1 unspecified atom stereocenters. The molecule has 1 aliphatic rings. The molecule has 4 heteroatoms. The molecule has 0 heterocycles. The van der Waals surface area contributed by atoms with E-state index >= 15 is 0 Å². The summed E-state index contributed by atoms with van der Waals surface area (Å²) in [4.78, 5) is 0. The molecule has 66 valence electrons. The van der Waals surface area contributed by atoms with Crippen molar-refractivity contribution in [1.29, 1.82) is 0 Å². The second-order valence-corrected chi connectivity index (χ2v) is 4.75. The van der Waals surface area contributed by atoms with Gasteiger partial charge in [0.15, 0.2) is 8.03 Å². The molecule has 1 saturated carbocycles. The maximum Gasteiger partial charge on any atom is 0.193 e. The molecular weight excluding hydrogens is 161 g/mol. The Labute approximate surface area is 68.2 Å². The number of hydrogen-bond donors (Lipinski definition) is 1. The highest BCUT2D eigenvalue weighted by Crippen LogP contribution is 2.49. The molecular formula is C7H16NO2P. The molecule has 0 aliphatic heterocycles. The third kappa shape index (κ3) is 2.05. The zero-order valence-corrected chi connectivity index (χ0v) is 8.09. The zero-order chi connectivity index (χ0) is 8.48. The molecule has 2 N–H and O–H groups in total. The summed E-state index contributed by atoms with van der Waals surface area (Å²) >= 11 is 0. The van der Waals surface area contributed by atoms with Gasteiger partial charge in [-0.3, -0.25) is 4.57 Å². The van der Waals surface area contributed by atoms with Crippen molar-refractivity contribution in [3.8, 4) is 0 Å². The Morgan fingerprint density at radius 2 is 2.36 bits per heavy atom. The van der Waals surface area contributed by atoms with Crippen molar-refractivity contribution in [3.63, 3.8) is 0 Å². The molecule has 0 aromatic rings. The fourth-order valence-electron chi connectivity index (χ4n) is 1.23. The summed E-state index contributed by atoms with van der Waals surface area (Å²) in [5.74, 6) is 0.433. The molecule has 11 heavy (non-hydrogen) atoms.